The van der Waals surface area contributed by atoms with Crippen molar-refractivity contribution < 1.29 is 9.21 Å². The highest BCUT2D eigenvalue weighted by Crippen LogP contribution is 2.30. The zero-order valence-corrected chi connectivity index (χ0v) is 13.9. The van der Waals surface area contributed by atoms with E-state index in [0.717, 1.165) is 27.7 Å². The normalized spacial score (nSPS) is 19.0. The van der Waals surface area contributed by atoms with Crippen LogP contribution in [0, 0.1) is 0 Å². The number of hydrogen-bond donors (Lipinski definition) is 1. The van der Waals surface area contributed by atoms with Gasteiger partial charge in [0.15, 0.2) is 0 Å². The summed E-state index contributed by atoms with van der Waals surface area (Å²) < 4.78 is 5.11. The van der Waals surface area contributed by atoms with E-state index in [2.05, 4.69) is 20.6 Å². The van der Waals surface area contributed by atoms with Crippen molar-refractivity contribution in [3.05, 3.63) is 52.1 Å². The first-order valence-corrected chi connectivity index (χ1v) is 9.09. The van der Waals surface area contributed by atoms with E-state index in [1.807, 2.05) is 23.6 Å². The van der Waals surface area contributed by atoms with Crippen LogP contribution < -0.4 is 5.32 Å². The predicted octanol–water partition coefficient (Wildman–Crippen LogP) is 3.14. The lowest BCUT2D eigenvalue weighted by Gasteiger charge is -2.33. The largest absolute Gasteiger partial charge is 0.472 e. The molecule has 7 heteroatoms. The molecule has 0 aromatic carbocycles. The molecule has 1 aliphatic rings. The van der Waals surface area contributed by atoms with Gasteiger partial charge in [-0.05, 0) is 17.5 Å². The number of carbonyl (C=O) groups excluding carboxylic acids is 1. The molecular weight excluding hydrogens is 330 g/mol. The molecule has 1 aliphatic heterocycles. The van der Waals surface area contributed by atoms with Gasteiger partial charge in [-0.2, -0.15) is 0 Å². The molecule has 3 aromatic rings. The van der Waals surface area contributed by atoms with E-state index in [1.165, 1.54) is 0 Å². The number of furan rings is 1. The monoisotopic (exact) mass is 345 g/mol. The van der Waals surface area contributed by atoms with Gasteiger partial charge in [0.2, 0.25) is 5.91 Å². The Hall–Kier alpha value is -1.96. The summed E-state index contributed by atoms with van der Waals surface area (Å²) in [4.78, 5) is 20.3. The summed E-state index contributed by atoms with van der Waals surface area (Å²) in [6.07, 6.45) is 3.35. The lowest BCUT2D eigenvalue weighted by atomic mass is 10.1. The molecule has 0 saturated carbocycles. The highest BCUT2D eigenvalue weighted by atomic mass is 32.1. The number of nitrogens with zero attached hydrogens (tertiary/aromatic N) is 2. The molecule has 0 aliphatic carbocycles. The van der Waals surface area contributed by atoms with E-state index in [0.29, 0.717) is 13.1 Å². The van der Waals surface area contributed by atoms with E-state index in [4.69, 9.17) is 4.42 Å². The van der Waals surface area contributed by atoms with Crippen molar-refractivity contribution in [1.29, 1.82) is 0 Å². The Morgan fingerprint density at radius 1 is 1.39 bits per heavy atom. The summed E-state index contributed by atoms with van der Waals surface area (Å²) in [6, 6.07) is 5.69. The summed E-state index contributed by atoms with van der Waals surface area (Å²) in [5.74, 6) is 0.0731. The molecule has 5 nitrogen and oxygen atoms in total. The Morgan fingerprint density at radius 2 is 2.35 bits per heavy atom. The predicted molar refractivity (Wildman–Crippen MR) is 90.3 cm³/mol. The van der Waals surface area contributed by atoms with Gasteiger partial charge in [0.1, 0.15) is 17.3 Å². The van der Waals surface area contributed by atoms with Gasteiger partial charge in [-0.3, -0.25) is 9.69 Å². The van der Waals surface area contributed by atoms with Crippen molar-refractivity contribution in [2.75, 3.05) is 13.1 Å². The van der Waals surface area contributed by atoms with Gasteiger partial charge in [0.05, 0.1) is 12.0 Å². The fourth-order valence-corrected chi connectivity index (χ4v) is 4.40. The van der Waals surface area contributed by atoms with Crippen molar-refractivity contribution in [3.8, 4) is 10.6 Å². The van der Waals surface area contributed by atoms with Gasteiger partial charge in [0, 0.05) is 35.5 Å². The highest BCUT2D eigenvalue weighted by Gasteiger charge is 2.32. The Kier molecular flexibility index (Phi) is 3.99. The lowest BCUT2D eigenvalue weighted by Crippen LogP contribution is -2.49. The Morgan fingerprint density at radius 3 is 3.13 bits per heavy atom. The number of hydrogen-bond acceptors (Lipinski definition) is 6. The van der Waals surface area contributed by atoms with Gasteiger partial charge in [-0.25, -0.2) is 4.98 Å². The van der Waals surface area contributed by atoms with E-state index < -0.39 is 0 Å². The van der Waals surface area contributed by atoms with Gasteiger partial charge < -0.3 is 9.73 Å². The molecular formula is C16H15N3O2S2. The number of aromatic nitrogens is 1. The standard InChI is InChI=1S/C16H15N3O2S2/c20-15-14(13-2-1-7-22-13)19(5-4-17-15)8-12-10-23-16(18-12)11-3-6-21-9-11/h1-3,6-7,9-10,14H,4-5,8H2,(H,17,20). The molecule has 1 unspecified atom stereocenters. The van der Waals surface area contributed by atoms with Crippen LogP contribution in [0.3, 0.4) is 0 Å². The number of piperazine rings is 1. The zero-order chi connectivity index (χ0) is 15.6. The lowest BCUT2D eigenvalue weighted by molar-refractivity contribution is -0.129. The first-order valence-electron chi connectivity index (χ1n) is 7.33. The second-order valence-electron chi connectivity index (χ2n) is 5.34. The Bertz CT molecular complexity index is 780. The molecule has 3 aromatic heterocycles. The summed E-state index contributed by atoms with van der Waals surface area (Å²) in [5.41, 5.74) is 1.98. The molecule has 1 fully saturated rings. The number of thiazole rings is 1. The van der Waals surface area contributed by atoms with Crippen molar-refractivity contribution in [3.63, 3.8) is 0 Å². The summed E-state index contributed by atoms with van der Waals surface area (Å²) in [5, 5.41) is 7.97. The molecule has 1 atom stereocenters. The second kappa shape index (κ2) is 6.27. The molecule has 4 rings (SSSR count). The fourth-order valence-electron chi connectivity index (χ4n) is 2.75. The van der Waals surface area contributed by atoms with Crippen LogP contribution in [0.2, 0.25) is 0 Å². The zero-order valence-electron chi connectivity index (χ0n) is 12.3. The fraction of sp³-hybridized carbons (Fsp3) is 0.250. The van der Waals surface area contributed by atoms with E-state index in [1.54, 1.807) is 35.2 Å². The Balaban J connectivity index is 1.56. The Labute approximate surface area is 141 Å². The molecule has 118 valence electrons. The maximum absolute atomic E-state index is 12.3. The third-order valence-electron chi connectivity index (χ3n) is 3.81. The maximum atomic E-state index is 12.3. The van der Waals surface area contributed by atoms with Crippen LogP contribution in [0.1, 0.15) is 16.6 Å². The van der Waals surface area contributed by atoms with Crippen LogP contribution >= 0.6 is 22.7 Å². The molecule has 0 radical (unpaired) electrons. The van der Waals surface area contributed by atoms with Gasteiger partial charge in [-0.1, -0.05) is 6.07 Å². The smallest absolute Gasteiger partial charge is 0.242 e. The van der Waals surface area contributed by atoms with Crippen LogP contribution in [-0.4, -0.2) is 28.9 Å². The SMILES string of the molecule is O=C1NCCN(Cc2csc(-c3ccoc3)n2)C1c1cccs1. The topological polar surface area (TPSA) is 58.4 Å². The third kappa shape index (κ3) is 2.95. The van der Waals surface area contributed by atoms with Crippen LogP contribution in [0.5, 0.6) is 0 Å². The minimum absolute atomic E-state index is 0.0731. The summed E-state index contributed by atoms with van der Waals surface area (Å²) >= 11 is 3.22. The van der Waals surface area contributed by atoms with Gasteiger partial charge in [0.25, 0.3) is 0 Å². The first-order chi connectivity index (χ1) is 11.3. The third-order valence-corrected chi connectivity index (χ3v) is 5.67. The average Bonchev–Trinajstić information content (AvgIpc) is 3.30. The minimum atomic E-state index is -0.220. The number of thiophene rings is 1. The molecule has 0 spiro atoms. The number of nitrogens with one attached hydrogen (secondary N) is 1. The molecule has 1 saturated heterocycles. The van der Waals surface area contributed by atoms with Crippen LogP contribution in [0.15, 0.2) is 45.9 Å². The van der Waals surface area contributed by atoms with E-state index in [9.17, 15) is 4.79 Å². The summed E-state index contributed by atoms with van der Waals surface area (Å²) in [7, 11) is 0. The molecule has 0 bridgehead atoms. The van der Waals surface area contributed by atoms with E-state index in [-0.39, 0.29) is 11.9 Å². The first kappa shape index (κ1) is 14.6. The van der Waals surface area contributed by atoms with Gasteiger partial charge in [-0.15, -0.1) is 22.7 Å². The van der Waals surface area contributed by atoms with E-state index >= 15 is 0 Å². The van der Waals surface area contributed by atoms with Crippen LogP contribution in [-0.2, 0) is 11.3 Å². The van der Waals surface area contributed by atoms with Crippen molar-refractivity contribution in [2.45, 2.75) is 12.6 Å². The number of carbonyl (C=O) groups is 1. The van der Waals surface area contributed by atoms with Crippen molar-refractivity contribution in [2.24, 2.45) is 0 Å². The second-order valence-corrected chi connectivity index (χ2v) is 7.17. The maximum Gasteiger partial charge on any atom is 0.242 e. The molecule has 1 amide bonds. The quantitative estimate of drug-likeness (QED) is 0.789. The average molecular weight is 345 g/mol. The van der Waals surface area contributed by atoms with Crippen LogP contribution in [0.4, 0.5) is 0 Å². The van der Waals surface area contributed by atoms with Crippen LogP contribution in [0.25, 0.3) is 10.6 Å². The van der Waals surface area contributed by atoms with Crippen molar-refractivity contribution >= 4 is 28.6 Å². The highest BCUT2D eigenvalue weighted by molar-refractivity contribution is 7.13. The minimum Gasteiger partial charge on any atom is -0.472 e. The number of amides is 1. The summed E-state index contributed by atoms with van der Waals surface area (Å²) in [6.45, 7) is 2.18. The molecule has 4 heterocycles. The number of rotatable bonds is 4. The van der Waals surface area contributed by atoms with Crippen molar-refractivity contribution in [1.82, 2.24) is 15.2 Å². The molecule has 23 heavy (non-hydrogen) atoms. The molecule has 1 N–H and O–H groups in total. The van der Waals surface area contributed by atoms with Gasteiger partial charge >= 0.3 is 0 Å².